The van der Waals surface area contributed by atoms with Gasteiger partial charge in [-0.05, 0) is 27.3 Å². The van der Waals surface area contributed by atoms with Crippen LogP contribution < -0.4 is 5.32 Å². The molecule has 0 aliphatic rings. The number of ether oxygens (including phenoxy) is 1. The lowest BCUT2D eigenvalue weighted by Crippen LogP contribution is -2.35. The van der Waals surface area contributed by atoms with Gasteiger partial charge in [0.2, 0.25) is 0 Å². The van der Waals surface area contributed by atoms with E-state index < -0.39 is 5.60 Å². The third-order valence-electron chi connectivity index (χ3n) is 2.28. The van der Waals surface area contributed by atoms with Crippen molar-refractivity contribution >= 4 is 5.97 Å². The van der Waals surface area contributed by atoms with Gasteiger partial charge in [-0.15, -0.1) is 0 Å². The topological polar surface area (TPSA) is 58.6 Å². The number of likely N-dealkylation sites (N-methyl/N-ethyl adjacent to an activating group) is 1. The Hall–Kier alpha value is -0.610. The number of hydrogen-bond acceptors (Lipinski definition) is 4. The van der Waals surface area contributed by atoms with Crippen LogP contribution in [0.3, 0.4) is 0 Å². The zero-order chi connectivity index (χ0) is 11.2. The van der Waals surface area contributed by atoms with Crippen molar-refractivity contribution in [1.82, 2.24) is 5.32 Å². The predicted molar refractivity (Wildman–Crippen MR) is 55.0 cm³/mol. The maximum absolute atomic E-state index is 11.4. The Morgan fingerprint density at radius 3 is 2.50 bits per heavy atom. The molecule has 0 saturated carbocycles. The molecule has 14 heavy (non-hydrogen) atoms. The lowest BCUT2D eigenvalue weighted by molar-refractivity contribution is -0.157. The minimum Gasteiger partial charge on any atom is -0.460 e. The van der Waals surface area contributed by atoms with E-state index in [1.807, 2.05) is 20.8 Å². The van der Waals surface area contributed by atoms with Crippen molar-refractivity contribution in [2.24, 2.45) is 0 Å². The molecule has 0 fully saturated rings. The summed E-state index contributed by atoms with van der Waals surface area (Å²) in [6.45, 7) is 5.66. The normalized spacial score (nSPS) is 13.8. The van der Waals surface area contributed by atoms with Gasteiger partial charge in [-0.3, -0.25) is 4.79 Å². The summed E-state index contributed by atoms with van der Waals surface area (Å²) in [7, 11) is 1.71. The first kappa shape index (κ1) is 13.4. The van der Waals surface area contributed by atoms with Gasteiger partial charge >= 0.3 is 5.97 Å². The molecule has 4 nitrogen and oxygen atoms in total. The van der Waals surface area contributed by atoms with Crippen LogP contribution in [0.2, 0.25) is 0 Å². The molecular weight excluding hydrogens is 182 g/mol. The highest BCUT2D eigenvalue weighted by molar-refractivity contribution is 5.70. The largest absolute Gasteiger partial charge is 0.460 e. The van der Waals surface area contributed by atoms with Crippen molar-refractivity contribution in [1.29, 1.82) is 0 Å². The quantitative estimate of drug-likeness (QED) is 0.624. The van der Waals surface area contributed by atoms with Crippen LogP contribution in [-0.2, 0) is 9.53 Å². The van der Waals surface area contributed by atoms with Gasteiger partial charge in [0, 0.05) is 6.04 Å². The van der Waals surface area contributed by atoms with Crippen molar-refractivity contribution in [3.8, 4) is 0 Å². The van der Waals surface area contributed by atoms with E-state index in [4.69, 9.17) is 9.84 Å². The summed E-state index contributed by atoms with van der Waals surface area (Å²) >= 11 is 0. The van der Waals surface area contributed by atoms with E-state index in [0.717, 1.165) is 6.42 Å². The summed E-state index contributed by atoms with van der Waals surface area (Å²) in [5, 5.41) is 11.7. The minimum atomic E-state index is -0.412. The van der Waals surface area contributed by atoms with Gasteiger partial charge in [0.05, 0.1) is 13.0 Å². The molecule has 0 rings (SSSR count). The summed E-state index contributed by atoms with van der Waals surface area (Å²) in [6.07, 6.45) is 0.985. The van der Waals surface area contributed by atoms with Crippen molar-refractivity contribution in [3.63, 3.8) is 0 Å². The Bertz CT molecular complexity index is 176. The van der Waals surface area contributed by atoms with Gasteiger partial charge in [0.15, 0.2) is 0 Å². The summed E-state index contributed by atoms with van der Waals surface area (Å²) < 4.78 is 5.23. The maximum atomic E-state index is 11.4. The predicted octanol–water partition coefficient (Wildman–Crippen LogP) is 0.689. The molecule has 1 unspecified atom stereocenters. The zero-order valence-electron chi connectivity index (χ0n) is 9.46. The molecule has 0 saturated heterocycles. The monoisotopic (exact) mass is 203 g/mol. The summed E-state index contributed by atoms with van der Waals surface area (Å²) in [5.74, 6) is -0.273. The molecule has 1 atom stereocenters. The van der Waals surface area contributed by atoms with Crippen LogP contribution in [0.5, 0.6) is 0 Å². The van der Waals surface area contributed by atoms with Crippen LogP contribution >= 0.6 is 0 Å². The highest BCUT2D eigenvalue weighted by atomic mass is 16.6. The first-order chi connectivity index (χ1) is 6.45. The van der Waals surface area contributed by atoms with Crippen LogP contribution in [0.4, 0.5) is 0 Å². The highest BCUT2D eigenvalue weighted by Crippen LogP contribution is 2.14. The first-order valence-corrected chi connectivity index (χ1v) is 4.95. The number of esters is 1. The first-order valence-electron chi connectivity index (χ1n) is 4.95. The molecule has 0 aliphatic heterocycles. The van der Waals surface area contributed by atoms with Crippen LogP contribution in [0.15, 0.2) is 0 Å². The molecule has 0 bridgehead atoms. The number of carbonyl (C=O) groups is 1. The van der Waals surface area contributed by atoms with E-state index >= 15 is 0 Å². The van der Waals surface area contributed by atoms with Gasteiger partial charge in [-0.25, -0.2) is 0 Å². The molecule has 0 heterocycles. The lowest BCUT2D eigenvalue weighted by Gasteiger charge is -2.24. The van der Waals surface area contributed by atoms with Crippen LogP contribution in [0, 0.1) is 0 Å². The molecule has 2 N–H and O–H groups in total. The molecule has 0 radical (unpaired) electrons. The Labute approximate surface area is 85.6 Å². The van der Waals surface area contributed by atoms with Crippen LogP contribution in [0.25, 0.3) is 0 Å². The fraction of sp³-hybridized carbons (Fsp3) is 0.900. The Morgan fingerprint density at radius 2 is 2.14 bits per heavy atom. The molecule has 0 aliphatic carbocycles. The smallest absolute Gasteiger partial charge is 0.307 e. The van der Waals surface area contributed by atoms with E-state index in [-0.39, 0.29) is 25.0 Å². The molecule has 4 heteroatoms. The molecule has 84 valence electrons. The molecular formula is C10H21NO3. The van der Waals surface area contributed by atoms with E-state index in [2.05, 4.69) is 5.32 Å². The standard InChI is InChI=1S/C10H21NO3/c1-5-10(2,3)14-9(13)6-8(7-12)11-4/h8,11-12H,5-7H2,1-4H3. The van der Waals surface area contributed by atoms with Crippen molar-refractivity contribution in [3.05, 3.63) is 0 Å². The molecule has 0 aromatic heterocycles. The maximum Gasteiger partial charge on any atom is 0.307 e. The fourth-order valence-electron chi connectivity index (χ4n) is 0.881. The van der Waals surface area contributed by atoms with Gasteiger partial charge < -0.3 is 15.2 Å². The summed E-state index contributed by atoms with van der Waals surface area (Å²) in [5.41, 5.74) is -0.412. The number of rotatable bonds is 6. The molecule has 0 aromatic rings. The third kappa shape index (κ3) is 5.19. The second-order valence-electron chi connectivity index (χ2n) is 3.96. The van der Waals surface area contributed by atoms with Crippen molar-refractivity contribution < 1.29 is 14.6 Å². The number of aliphatic hydroxyl groups excluding tert-OH is 1. The SMILES string of the molecule is CCC(C)(C)OC(=O)CC(CO)NC. The Morgan fingerprint density at radius 1 is 1.57 bits per heavy atom. The van der Waals surface area contributed by atoms with Gasteiger partial charge in [0.25, 0.3) is 0 Å². The second-order valence-corrected chi connectivity index (χ2v) is 3.96. The van der Waals surface area contributed by atoms with E-state index in [1.54, 1.807) is 7.05 Å². The summed E-state index contributed by atoms with van der Waals surface area (Å²) in [4.78, 5) is 11.4. The second kappa shape index (κ2) is 5.98. The van der Waals surface area contributed by atoms with Gasteiger partial charge in [-0.1, -0.05) is 6.92 Å². The van der Waals surface area contributed by atoms with Crippen molar-refractivity contribution in [2.45, 2.75) is 45.3 Å². The van der Waals surface area contributed by atoms with E-state index in [1.165, 1.54) is 0 Å². The molecule has 0 amide bonds. The molecule has 0 aromatic carbocycles. The summed E-state index contributed by atoms with van der Waals surface area (Å²) in [6, 6.07) is -0.213. The van der Waals surface area contributed by atoms with Gasteiger partial charge in [-0.2, -0.15) is 0 Å². The average molecular weight is 203 g/mol. The van der Waals surface area contributed by atoms with Crippen LogP contribution in [0.1, 0.15) is 33.6 Å². The number of carbonyl (C=O) groups excluding carboxylic acids is 1. The highest BCUT2D eigenvalue weighted by Gasteiger charge is 2.21. The number of nitrogens with one attached hydrogen (secondary N) is 1. The van der Waals surface area contributed by atoms with E-state index in [0.29, 0.717) is 0 Å². The average Bonchev–Trinajstić information content (AvgIpc) is 2.13. The lowest BCUT2D eigenvalue weighted by atomic mass is 10.1. The minimum absolute atomic E-state index is 0.0574. The van der Waals surface area contributed by atoms with Crippen LogP contribution in [-0.4, -0.2) is 36.4 Å². The number of hydrogen-bond donors (Lipinski definition) is 2. The Kier molecular flexibility index (Phi) is 5.72. The van der Waals surface area contributed by atoms with Crippen molar-refractivity contribution in [2.75, 3.05) is 13.7 Å². The number of aliphatic hydroxyl groups is 1. The zero-order valence-corrected chi connectivity index (χ0v) is 9.46. The Balaban J connectivity index is 3.97. The third-order valence-corrected chi connectivity index (χ3v) is 2.28. The van der Waals surface area contributed by atoms with Gasteiger partial charge in [0.1, 0.15) is 5.60 Å². The molecule has 0 spiro atoms. The van der Waals surface area contributed by atoms with E-state index in [9.17, 15) is 4.79 Å². The fourth-order valence-corrected chi connectivity index (χ4v) is 0.881.